The highest BCUT2D eigenvalue weighted by molar-refractivity contribution is 6.30. The van der Waals surface area contributed by atoms with Crippen LogP contribution >= 0.6 is 11.6 Å². The molecule has 0 radical (unpaired) electrons. The summed E-state index contributed by atoms with van der Waals surface area (Å²) in [7, 11) is 0. The highest BCUT2D eigenvalue weighted by atomic mass is 35.5. The zero-order valence-corrected chi connectivity index (χ0v) is 10.7. The molecule has 2 rings (SSSR count). The average Bonchev–Trinajstić information content (AvgIpc) is 2.38. The molecule has 0 saturated carbocycles. The van der Waals surface area contributed by atoms with E-state index in [1.807, 2.05) is 12.1 Å². The largest absolute Gasteiger partial charge is 0.490 e. The minimum atomic E-state index is -0.0449. The minimum Gasteiger partial charge on any atom is -0.490 e. The Morgan fingerprint density at radius 1 is 1.53 bits per heavy atom. The van der Waals surface area contributed by atoms with Crippen LogP contribution in [0.15, 0.2) is 18.2 Å². The molecule has 0 amide bonds. The van der Waals surface area contributed by atoms with E-state index in [9.17, 15) is 4.79 Å². The summed E-state index contributed by atoms with van der Waals surface area (Å²) in [4.78, 5) is 13.8. The van der Waals surface area contributed by atoms with Gasteiger partial charge in [-0.2, -0.15) is 0 Å². The summed E-state index contributed by atoms with van der Waals surface area (Å²) in [5.74, 6) is 0.834. The Morgan fingerprint density at radius 3 is 3.06 bits per heavy atom. The van der Waals surface area contributed by atoms with Crippen LogP contribution in [0, 0.1) is 0 Å². The molecule has 0 N–H and O–H groups in total. The maximum Gasteiger partial charge on any atom is 0.177 e. The number of carbonyl (C=O) groups excluding carboxylic acids is 1. The number of alkyl halides is 1. The van der Waals surface area contributed by atoms with E-state index in [1.165, 1.54) is 0 Å². The second-order valence-corrected chi connectivity index (χ2v) is 4.34. The average molecular weight is 254 g/mol. The topological polar surface area (TPSA) is 29.5 Å². The van der Waals surface area contributed by atoms with Crippen LogP contribution < -0.4 is 9.64 Å². The van der Waals surface area contributed by atoms with Crippen LogP contribution in [0.3, 0.4) is 0 Å². The van der Waals surface area contributed by atoms with Crippen LogP contribution in [0.4, 0.5) is 5.69 Å². The highest BCUT2D eigenvalue weighted by Crippen LogP contribution is 2.32. The predicted molar refractivity (Wildman–Crippen MR) is 69.5 cm³/mol. The highest BCUT2D eigenvalue weighted by Gasteiger charge is 2.18. The smallest absolute Gasteiger partial charge is 0.177 e. The lowest BCUT2D eigenvalue weighted by atomic mass is 10.1. The van der Waals surface area contributed by atoms with Crippen molar-refractivity contribution in [3.63, 3.8) is 0 Å². The van der Waals surface area contributed by atoms with Gasteiger partial charge in [0.2, 0.25) is 0 Å². The Morgan fingerprint density at radius 2 is 2.35 bits per heavy atom. The van der Waals surface area contributed by atoms with Crippen LogP contribution in [-0.4, -0.2) is 31.4 Å². The number of nitrogens with zero attached hydrogens (tertiary/aromatic N) is 1. The van der Waals surface area contributed by atoms with Crippen molar-refractivity contribution < 1.29 is 9.53 Å². The lowest BCUT2D eigenvalue weighted by Gasteiger charge is -2.31. The fourth-order valence-corrected chi connectivity index (χ4v) is 2.18. The maximum absolute atomic E-state index is 11.6. The summed E-state index contributed by atoms with van der Waals surface area (Å²) in [6.45, 7) is 4.70. The molecule has 1 aromatic rings. The molecule has 1 aromatic carbocycles. The monoisotopic (exact) mass is 253 g/mol. The molecule has 3 nitrogen and oxygen atoms in total. The molecule has 1 heterocycles. The second kappa shape index (κ2) is 5.41. The van der Waals surface area contributed by atoms with Crippen LogP contribution in [0.1, 0.15) is 23.7 Å². The van der Waals surface area contributed by atoms with E-state index in [0.29, 0.717) is 12.2 Å². The molecular formula is C13H16ClNO2. The van der Waals surface area contributed by atoms with Gasteiger partial charge in [0.15, 0.2) is 5.78 Å². The van der Waals surface area contributed by atoms with Crippen molar-refractivity contribution in [2.24, 2.45) is 0 Å². The first-order valence-corrected chi connectivity index (χ1v) is 6.40. The van der Waals surface area contributed by atoms with E-state index in [1.54, 1.807) is 6.07 Å². The first kappa shape index (κ1) is 12.2. The SMILES string of the molecule is CCCN1CCOc2ccc(C(=O)CCl)cc21. The fraction of sp³-hybridized carbons (Fsp3) is 0.462. The summed E-state index contributed by atoms with van der Waals surface area (Å²) in [6, 6.07) is 5.52. The number of anilines is 1. The third kappa shape index (κ3) is 2.55. The van der Waals surface area contributed by atoms with Crippen LogP contribution in [0.5, 0.6) is 5.75 Å². The molecule has 0 spiro atoms. The van der Waals surface area contributed by atoms with Crippen LogP contribution in [-0.2, 0) is 0 Å². The number of ether oxygens (including phenoxy) is 1. The van der Waals surface area contributed by atoms with E-state index in [0.717, 1.165) is 30.9 Å². The molecule has 1 aliphatic heterocycles. The Labute approximate surface area is 106 Å². The van der Waals surface area contributed by atoms with Crippen molar-refractivity contribution in [3.8, 4) is 5.75 Å². The number of ketones is 1. The van der Waals surface area contributed by atoms with Gasteiger partial charge in [-0.15, -0.1) is 11.6 Å². The van der Waals surface area contributed by atoms with Crippen molar-refractivity contribution >= 4 is 23.1 Å². The normalized spacial score (nSPS) is 14.1. The molecule has 0 aliphatic carbocycles. The molecule has 4 heteroatoms. The van der Waals surface area contributed by atoms with Gasteiger partial charge in [-0.1, -0.05) is 6.92 Å². The van der Waals surface area contributed by atoms with Gasteiger partial charge in [0, 0.05) is 12.1 Å². The first-order chi connectivity index (χ1) is 8.26. The fourth-order valence-electron chi connectivity index (χ4n) is 2.03. The van der Waals surface area contributed by atoms with Crippen molar-refractivity contribution in [1.29, 1.82) is 0 Å². The number of hydrogen-bond acceptors (Lipinski definition) is 3. The van der Waals surface area contributed by atoms with Crippen molar-refractivity contribution in [2.45, 2.75) is 13.3 Å². The first-order valence-electron chi connectivity index (χ1n) is 5.87. The zero-order valence-electron chi connectivity index (χ0n) is 9.91. The maximum atomic E-state index is 11.6. The van der Waals surface area contributed by atoms with Gasteiger partial charge < -0.3 is 9.64 Å². The lowest BCUT2D eigenvalue weighted by Crippen LogP contribution is -2.33. The van der Waals surface area contributed by atoms with Crippen molar-refractivity contribution in [3.05, 3.63) is 23.8 Å². The molecular weight excluding hydrogens is 238 g/mol. The number of rotatable bonds is 4. The minimum absolute atomic E-state index is 0.0213. The predicted octanol–water partition coefficient (Wildman–Crippen LogP) is 2.72. The van der Waals surface area contributed by atoms with E-state index in [-0.39, 0.29) is 11.7 Å². The number of carbonyl (C=O) groups is 1. The number of fused-ring (bicyclic) bond motifs is 1. The third-order valence-corrected chi connectivity index (χ3v) is 3.10. The van der Waals surface area contributed by atoms with E-state index >= 15 is 0 Å². The molecule has 0 bridgehead atoms. The molecule has 1 aliphatic rings. The van der Waals surface area contributed by atoms with Gasteiger partial charge in [-0.05, 0) is 24.6 Å². The summed E-state index contributed by atoms with van der Waals surface area (Å²) in [5, 5.41) is 0. The molecule has 92 valence electrons. The van der Waals surface area contributed by atoms with Crippen molar-refractivity contribution in [1.82, 2.24) is 0 Å². The second-order valence-electron chi connectivity index (χ2n) is 4.07. The molecule has 0 fully saturated rings. The number of halogens is 1. The van der Waals surface area contributed by atoms with Crippen molar-refractivity contribution in [2.75, 3.05) is 30.5 Å². The molecule has 0 saturated heterocycles. The number of hydrogen-bond donors (Lipinski definition) is 0. The van der Waals surface area contributed by atoms with Gasteiger partial charge in [0.25, 0.3) is 0 Å². The standard InChI is InChI=1S/C13H16ClNO2/c1-2-5-15-6-7-17-13-4-3-10(8-11(13)15)12(16)9-14/h3-4,8H,2,5-7,9H2,1H3. The Bertz CT molecular complexity index is 420. The van der Waals surface area contributed by atoms with Crippen LogP contribution in [0.25, 0.3) is 0 Å². The molecule has 0 aromatic heterocycles. The zero-order chi connectivity index (χ0) is 12.3. The quantitative estimate of drug-likeness (QED) is 0.610. The summed E-state index contributed by atoms with van der Waals surface area (Å²) < 4.78 is 5.58. The van der Waals surface area contributed by atoms with Gasteiger partial charge in [-0.25, -0.2) is 0 Å². The van der Waals surface area contributed by atoms with E-state index in [2.05, 4.69) is 11.8 Å². The van der Waals surface area contributed by atoms with Gasteiger partial charge in [-0.3, -0.25) is 4.79 Å². The number of benzene rings is 1. The lowest BCUT2D eigenvalue weighted by molar-refractivity contribution is 0.102. The van der Waals surface area contributed by atoms with Crippen LogP contribution in [0.2, 0.25) is 0 Å². The summed E-state index contributed by atoms with van der Waals surface area (Å²) in [5.41, 5.74) is 1.67. The summed E-state index contributed by atoms with van der Waals surface area (Å²) in [6.07, 6.45) is 1.08. The molecule has 0 atom stereocenters. The molecule has 17 heavy (non-hydrogen) atoms. The molecule has 0 unspecified atom stereocenters. The Hall–Kier alpha value is -1.22. The van der Waals surface area contributed by atoms with Gasteiger partial charge in [0.1, 0.15) is 12.4 Å². The van der Waals surface area contributed by atoms with Gasteiger partial charge in [0.05, 0.1) is 18.1 Å². The Balaban J connectivity index is 2.33. The van der Waals surface area contributed by atoms with E-state index in [4.69, 9.17) is 16.3 Å². The third-order valence-electron chi connectivity index (χ3n) is 2.86. The Kier molecular flexibility index (Phi) is 3.89. The number of Topliss-reactive ketones (excluding diaryl/α,β-unsaturated/α-hetero) is 1. The van der Waals surface area contributed by atoms with E-state index < -0.39 is 0 Å². The summed E-state index contributed by atoms with van der Waals surface area (Å²) >= 11 is 5.57. The van der Waals surface area contributed by atoms with Gasteiger partial charge >= 0.3 is 0 Å².